The lowest BCUT2D eigenvalue weighted by Gasteiger charge is -2.38. The second kappa shape index (κ2) is 7.60. The van der Waals surface area contributed by atoms with Crippen LogP contribution in [0.2, 0.25) is 0 Å². The molecule has 2 aromatic carbocycles. The van der Waals surface area contributed by atoms with Gasteiger partial charge in [0.25, 0.3) is 10.0 Å². The van der Waals surface area contributed by atoms with Crippen LogP contribution in [0.5, 0.6) is 0 Å². The molecule has 8 nitrogen and oxygen atoms in total. The van der Waals surface area contributed by atoms with Crippen molar-refractivity contribution < 1.29 is 23.5 Å². The summed E-state index contributed by atoms with van der Waals surface area (Å²) in [6, 6.07) is 13.7. The van der Waals surface area contributed by atoms with Crippen molar-refractivity contribution in [1.82, 2.24) is 5.48 Å². The van der Waals surface area contributed by atoms with Crippen molar-refractivity contribution in [2.45, 2.75) is 37.1 Å². The number of rotatable bonds is 5. The van der Waals surface area contributed by atoms with E-state index in [0.717, 1.165) is 0 Å². The minimum Gasteiger partial charge on any atom is -0.506 e. The molecule has 1 radical (unpaired) electrons. The number of anilines is 1. The van der Waals surface area contributed by atoms with Crippen molar-refractivity contribution in [3.63, 3.8) is 0 Å². The number of nitrogens with one attached hydrogen (secondary N) is 2. The number of carbonyl (C=O) groups is 1. The summed E-state index contributed by atoms with van der Waals surface area (Å²) in [7, 11) is -4.12. The van der Waals surface area contributed by atoms with Crippen LogP contribution in [0.25, 0.3) is 5.76 Å². The first-order valence-electron chi connectivity index (χ1n) is 9.83. The number of hydrogen-bond donors (Lipinski definition) is 4. The number of amidine groups is 1. The van der Waals surface area contributed by atoms with E-state index in [-0.39, 0.29) is 34.3 Å². The Balaban J connectivity index is 1.93. The molecule has 0 spiro atoms. The summed E-state index contributed by atoms with van der Waals surface area (Å²) in [6.45, 7) is 3.98. The van der Waals surface area contributed by atoms with E-state index in [2.05, 4.69) is 21.3 Å². The van der Waals surface area contributed by atoms with Gasteiger partial charge in [0.1, 0.15) is 21.8 Å². The summed E-state index contributed by atoms with van der Waals surface area (Å²) in [5, 5.41) is 24.0. The molecule has 0 saturated heterocycles. The maximum Gasteiger partial charge on any atom is 0.286 e. The van der Waals surface area contributed by atoms with Crippen molar-refractivity contribution in [3.05, 3.63) is 65.2 Å². The van der Waals surface area contributed by atoms with E-state index in [1.165, 1.54) is 18.2 Å². The van der Waals surface area contributed by atoms with E-state index in [4.69, 9.17) is 0 Å². The zero-order valence-electron chi connectivity index (χ0n) is 17.0. The molecule has 4 rings (SSSR count). The lowest BCUT2D eigenvalue weighted by Crippen LogP contribution is -2.52. The Hall–Kier alpha value is -3.01. The van der Waals surface area contributed by atoms with Gasteiger partial charge in [-0.2, -0.15) is 13.9 Å². The Labute approximate surface area is 180 Å². The molecule has 0 saturated carbocycles. The number of aliphatic hydroxyl groups is 1. The van der Waals surface area contributed by atoms with E-state index in [1.54, 1.807) is 24.3 Å². The van der Waals surface area contributed by atoms with Crippen LogP contribution in [0.1, 0.15) is 37.8 Å². The molecule has 161 valence electrons. The summed E-state index contributed by atoms with van der Waals surface area (Å²) < 4.78 is 29.2. The maximum atomic E-state index is 13.7. The normalized spacial score (nSPS) is 21.9. The summed E-state index contributed by atoms with van der Waals surface area (Å²) in [5.41, 5.74) is 1.28. The largest absolute Gasteiger partial charge is 0.506 e. The molecule has 0 amide bonds. The monoisotopic (exact) mass is 440 g/mol. The Morgan fingerprint density at radius 3 is 2.71 bits per heavy atom. The minimum absolute atomic E-state index is 0.0751. The number of ketones is 1. The van der Waals surface area contributed by atoms with Gasteiger partial charge in [-0.15, -0.1) is 4.40 Å². The smallest absolute Gasteiger partial charge is 0.286 e. The third-order valence-electron chi connectivity index (χ3n) is 5.59. The highest BCUT2D eigenvalue weighted by molar-refractivity contribution is 7.90. The number of sulfonamides is 1. The molecule has 1 aliphatic heterocycles. The van der Waals surface area contributed by atoms with E-state index in [0.29, 0.717) is 17.5 Å². The van der Waals surface area contributed by atoms with Crippen LogP contribution in [0, 0.1) is 12.0 Å². The molecular weight excluding hydrogens is 418 g/mol. The van der Waals surface area contributed by atoms with Gasteiger partial charge < -0.3 is 15.6 Å². The number of carbonyl (C=O) groups excluding carboxylic acids is 1. The second-order valence-corrected chi connectivity index (χ2v) is 9.58. The molecule has 0 fully saturated rings. The molecule has 1 aliphatic carbocycles. The van der Waals surface area contributed by atoms with E-state index in [1.807, 2.05) is 13.8 Å². The zero-order valence-corrected chi connectivity index (χ0v) is 17.8. The first-order chi connectivity index (χ1) is 14.7. The molecular formula is C22H22N3O5S. The van der Waals surface area contributed by atoms with Crippen LogP contribution < -0.4 is 10.8 Å². The van der Waals surface area contributed by atoms with E-state index < -0.39 is 27.1 Å². The minimum atomic E-state index is -4.12. The maximum absolute atomic E-state index is 13.7. The van der Waals surface area contributed by atoms with Crippen molar-refractivity contribution in [2.24, 2.45) is 10.3 Å². The highest BCUT2D eigenvalue weighted by Gasteiger charge is 2.49. The molecule has 1 heterocycles. The van der Waals surface area contributed by atoms with Crippen LogP contribution in [0.15, 0.2) is 57.3 Å². The molecule has 1 unspecified atom stereocenters. The van der Waals surface area contributed by atoms with Crippen LogP contribution in [-0.2, 0) is 20.4 Å². The highest BCUT2D eigenvalue weighted by Crippen LogP contribution is 2.42. The van der Waals surface area contributed by atoms with Crippen LogP contribution in [0.3, 0.4) is 0 Å². The Morgan fingerprint density at radius 1 is 1.26 bits per heavy atom. The van der Waals surface area contributed by atoms with Crippen molar-refractivity contribution in [1.29, 1.82) is 0 Å². The fourth-order valence-electron chi connectivity index (χ4n) is 3.94. The van der Waals surface area contributed by atoms with Gasteiger partial charge in [-0.05, 0) is 42.5 Å². The van der Waals surface area contributed by atoms with Gasteiger partial charge in [0, 0.05) is 5.56 Å². The first kappa shape index (κ1) is 21.2. The lowest BCUT2D eigenvalue weighted by atomic mass is 9.71. The zero-order chi connectivity index (χ0) is 22.4. The topological polar surface area (TPSA) is 128 Å². The van der Waals surface area contributed by atoms with Crippen LogP contribution >= 0.6 is 0 Å². The Bertz CT molecular complexity index is 1230. The molecule has 2 aromatic rings. The predicted molar refractivity (Wildman–Crippen MR) is 115 cm³/mol. The number of benzene rings is 2. The van der Waals surface area contributed by atoms with Gasteiger partial charge in [0.05, 0.1) is 5.69 Å². The highest BCUT2D eigenvalue weighted by atomic mass is 32.2. The summed E-state index contributed by atoms with van der Waals surface area (Å²) in [5.74, 6) is -1.12. The number of nitrogens with zero attached hydrogens (tertiary/aromatic N) is 1. The van der Waals surface area contributed by atoms with Gasteiger partial charge in [0.15, 0.2) is 11.6 Å². The van der Waals surface area contributed by atoms with Gasteiger partial charge in [-0.3, -0.25) is 4.79 Å². The molecule has 0 aromatic heterocycles. The average Bonchev–Trinajstić information content (AvgIpc) is 2.74. The fourth-order valence-corrected chi connectivity index (χ4v) is 5.03. The summed E-state index contributed by atoms with van der Waals surface area (Å²) in [6.07, 6.45) is 0.831. The molecule has 1 atom stereocenters. The van der Waals surface area contributed by atoms with E-state index >= 15 is 0 Å². The predicted octanol–water partition coefficient (Wildman–Crippen LogP) is 3.16. The SMILES string of the molecule is CC(C)CCC1(NO)C(=O)C(C2=NS(=O)(=O)c3c[c]ccc3N2)=C(O)c2ccccc21. The van der Waals surface area contributed by atoms with Gasteiger partial charge in [-0.1, -0.05) is 44.2 Å². The molecule has 4 N–H and O–H groups in total. The quantitative estimate of drug-likeness (QED) is 0.526. The summed E-state index contributed by atoms with van der Waals surface area (Å²) in [4.78, 5) is 13.6. The number of fused-ring (bicyclic) bond motifs is 2. The third-order valence-corrected chi connectivity index (χ3v) is 6.90. The molecule has 2 aliphatic rings. The first-order valence-corrected chi connectivity index (χ1v) is 11.3. The molecule has 31 heavy (non-hydrogen) atoms. The van der Waals surface area contributed by atoms with Crippen molar-refractivity contribution in [2.75, 3.05) is 5.32 Å². The summed E-state index contributed by atoms with van der Waals surface area (Å²) >= 11 is 0. The van der Waals surface area contributed by atoms with Crippen molar-refractivity contribution in [3.8, 4) is 0 Å². The number of hydroxylamine groups is 1. The molecule has 0 bridgehead atoms. The van der Waals surface area contributed by atoms with Gasteiger partial charge in [-0.25, -0.2) is 0 Å². The Morgan fingerprint density at radius 2 is 2.00 bits per heavy atom. The Kier molecular flexibility index (Phi) is 5.20. The van der Waals surface area contributed by atoms with Crippen LogP contribution in [-0.4, -0.2) is 30.4 Å². The van der Waals surface area contributed by atoms with E-state index in [9.17, 15) is 23.5 Å². The van der Waals surface area contributed by atoms with Gasteiger partial charge >= 0.3 is 0 Å². The van der Waals surface area contributed by atoms with Gasteiger partial charge in [0.2, 0.25) is 0 Å². The number of hydrogen-bond acceptors (Lipinski definition) is 7. The molecule has 9 heteroatoms. The van der Waals surface area contributed by atoms with Crippen LogP contribution in [0.4, 0.5) is 5.69 Å². The third kappa shape index (κ3) is 3.34. The number of Topliss-reactive ketones (excluding diaryl/α,β-unsaturated/α-hetero) is 1. The standard InChI is InChI=1S/C22H22N3O5S/c1-13(2)11-12-22(25-28)15-8-4-3-7-14(15)19(26)18(20(22)27)21-23-16-9-5-6-10-17(16)31(29,30)24-21/h3-5,7-10,13,25-26,28H,11-12H2,1-2H3,(H,23,24). The fraction of sp³-hybridized carbons (Fsp3) is 0.273. The average molecular weight is 441 g/mol. The lowest BCUT2D eigenvalue weighted by molar-refractivity contribution is -0.127. The number of aliphatic hydroxyl groups excluding tert-OH is 1. The van der Waals surface area contributed by atoms with Crippen molar-refractivity contribution >= 4 is 33.1 Å². The second-order valence-electron chi connectivity index (χ2n) is 8.01.